The highest BCUT2D eigenvalue weighted by atomic mass is 32.2. The second-order valence-electron chi connectivity index (χ2n) is 6.87. The lowest BCUT2D eigenvalue weighted by molar-refractivity contribution is -0.123. The van der Waals surface area contributed by atoms with Crippen LogP contribution in [0.3, 0.4) is 0 Å². The number of amides is 1. The van der Waals surface area contributed by atoms with Gasteiger partial charge in [-0.3, -0.25) is 14.5 Å². The summed E-state index contributed by atoms with van der Waals surface area (Å²) in [4.78, 5) is 21.7. The molecular weight excluding hydrogens is 464 g/mol. The van der Waals surface area contributed by atoms with Gasteiger partial charge in [-0.15, -0.1) is 0 Å². The summed E-state index contributed by atoms with van der Waals surface area (Å²) in [5, 5.41) is 0. The summed E-state index contributed by atoms with van der Waals surface area (Å²) in [5.74, 6) is -2.62. The Hall–Kier alpha value is -3.30. The standard InChI is InChI=1S/C26H32N4O4S/c1-20(2)30(16-10-11-17-34-19-24(31)29-35(3,32)33)23-18-27-25(21-12-6-4-7-13-21)26(28-23)22-14-8-5-9-15-22/h4-9,12-15,18,20H,10-11,16-17,19H2,1-3H3,(H,29,31)/i1D3,2D3,3D3,10D2,11D2,19D2. The lowest BCUT2D eigenvalue weighted by atomic mass is 10.0. The number of hydrogen-bond donors (Lipinski definition) is 1. The van der Waals surface area contributed by atoms with E-state index in [0.717, 1.165) is 10.9 Å². The topological polar surface area (TPSA) is 101 Å². The summed E-state index contributed by atoms with van der Waals surface area (Å²) in [6.45, 7) is -13.4. The van der Waals surface area contributed by atoms with Crippen molar-refractivity contribution in [1.82, 2.24) is 14.7 Å². The summed E-state index contributed by atoms with van der Waals surface area (Å²) in [7, 11) is -5.40. The zero-order valence-electron chi connectivity index (χ0n) is 33.2. The predicted octanol–water partition coefficient (Wildman–Crippen LogP) is 3.90. The first kappa shape index (κ1) is 12.6. The molecule has 0 bridgehead atoms. The lowest BCUT2D eigenvalue weighted by Crippen LogP contribution is -2.33. The molecule has 0 saturated carbocycles. The fraction of sp³-hybridized carbons (Fsp3) is 0.346. The highest BCUT2D eigenvalue weighted by Gasteiger charge is 2.17. The van der Waals surface area contributed by atoms with Gasteiger partial charge < -0.3 is 9.64 Å². The molecule has 0 radical (unpaired) electrons. The van der Waals surface area contributed by atoms with E-state index < -0.39 is 80.1 Å². The summed E-state index contributed by atoms with van der Waals surface area (Å²) < 4.78 is 148. The molecular formula is C26H32N4O4S. The van der Waals surface area contributed by atoms with Crippen molar-refractivity contribution in [2.75, 3.05) is 30.8 Å². The van der Waals surface area contributed by atoms with Crippen molar-refractivity contribution < 1.29 is 38.5 Å². The molecule has 0 fully saturated rings. The molecule has 0 spiro atoms. The van der Waals surface area contributed by atoms with E-state index in [2.05, 4.69) is 14.7 Å². The molecule has 1 heterocycles. The van der Waals surface area contributed by atoms with E-state index in [0.29, 0.717) is 21.7 Å². The quantitative estimate of drug-likeness (QED) is 0.393. The number of carbonyl (C=O) groups is 1. The van der Waals surface area contributed by atoms with Crippen LogP contribution in [0.5, 0.6) is 0 Å². The van der Waals surface area contributed by atoms with Gasteiger partial charge in [0.15, 0.2) is 0 Å². The molecule has 2 aromatic carbocycles. The van der Waals surface area contributed by atoms with Crippen LogP contribution in [0.4, 0.5) is 5.82 Å². The number of nitrogens with zero attached hydrogens (tertiary/aromatic N) is 3. The SMILES string of the molecule is [2H]C([2H])(OCC([2H])([2H])C([2H])([2H])CN(c1cnc(-c2ccccc2)c(-c2ccccc2)n1)C(C([2H])([2H])[2H])C([2H])([2H])[2H])C(=O)NS(=O)(=O)C([2H])([2H])[2H]. The van der Waals surface area contributed by atoms with Gasteiger partial charge in [-0.2, -0.15) is 0 Å². The Kier molecular flexibility index (Phi) is 4.47. The third kappa shape index (κ3) is 8.15. The number of anilines is 1. The van der Waals surface area contributed by atoms with Crippen molar-refractivity contribution >= 4 is 21.7 Å². The summed E-state index contributed by atoms with van der Waals surface area (Å²) in [6, 6.07) is 14.5. The first-order valence-electron chi connectivity index (χ1n) is 17.6. The van der Waals surface area contributed by atoms with Crippen LogP contribution in [0, 0.1) is 0 Å². The molecule has 1 N–H and O–H groups in total. The molecule has 0 aliphatic carbocycles. The summed E-state index contributed by atoms with van der Waals surface area (Å²) >= 11 is 0. The molecule has 1 amide bonds. The van der Waals surface area contributed by atoms with Gasteiger partial charge in [0.05, 0.1) is 26.5 Å². The third-order valence-electron chi connectivity index (χ3n) is 4.37. The minimum absolute atomic E-state index is 0.146. The first-order chi connectivity index (χ1) is 22.6. The lowest BCUT2D eigenvalue weighted by Gasteiger charge is -2.28. The maximum absolute atomic E-state index is 12.2. The van der Waals surface area contributed by atoms with Crippen molar-refractivity contribution in [3.8, 4) is 22.5 Å². The van der Waals surface area contributed by atoms with Gasteiger partial charge in [0.1, 0.15) is 12.4 Å². The maximum Gasteiger partial charge on any atom is 0.259 e. The van der Waals surface area contributed by atoms with Crippen molar-refractivity contribution in [2.45, 2.75) is 32.5 Å². The van der Waals surface area contributed by atoms with Gasteiger partial charge in [-0.25, -0.2) is 13.4 Å². The average molecular weight is 512 g/mol. The summed E-state index contributed by atoms with van der Waals surface area (Å²) in [6.07, 6.45) is -9.43. The Balaban J connectivity index is 2.10. The number of hydrogen-bond acceptors (Lipinski definition) is 7. The van der Waals surface area contributed by atoms with Crippen molar-refractivity contribution in [3.05, 3.63) is 66.9 Å². The third-order valence-corrected chi connectivity index (χ3v) is 4.82. The van der Waals surface area contributed by atoms with Crippen LogP contribution in [0.2, 0.25) is 0 Å². The highest BCUT2D eigenvalue weighted by molar-refractivity contribution is 7.89. The molecule has 0 atom stereocenters. The zero-order valence-corrected chi connectivity index (χ0v) is 19.0. The largest absolute Gasteiger partial charge is 0.372 e. The van der Waals surface area contributed by atoms with Crippen molar-refractivity contribution in [2.24, 2.45) is 0 Å². The Labute approximate surface area is 228 Å². The Bertz CT molecular complexity index is 1740. The van der Waals surface area contributed by atoms with Gasteiger partial charge in [0.2, 0.25) is 10.0 Å². The second-order valence-corrected chi connectivity index (χ2v) is 8.08. The van der Waals surface area contributed by atoms with E-state index in [-0.39, 0.29) is 5.69 Å². The minimum Gasteiger partial charge on any atom is -0.372 e. The number of sulfonamides is 1. The van der Waals surface area contributed by atoms with E-state index in [4.69, 9.17) is 20.6 Å². The number of rotatable bonds is 12. The molecule has 186 valence electrons. The smallest absolute Gasteiger partial charge is 0.259 e. The highest BCUT2D eigenvalue weighted by Crippen LogP contribution is 2.30. The first-order valence-corrected chi connectivity index (χ1v) is 11.5. The Morgan fingerprint density at radius 1 is 1.06 bits per heavy atom. The number of benzene rings is 2. The molecule has 8 nitrogen and oxygen atoms in total. The van der Waals surface area contributed by atoms with Crippen molar-refractivity contribution in [3.63, 3.8) is 0 Å². The van der Waals surface area contributed by atoms with Crippen LogP contribution in [0.25, 0.3) is 22.5 Å². The Morgan fingerprint density at radius 2 is 1.71 bits per heavy atom. The average Bonchev–Trinajstić information content (AvgIpc) is 2.98. The van der Waals surface area contributed by atoms with Crippen molar-refractivity contribution in [1.29, 1.82) is 0 Å². The number of aromatic nitrogens is 2. The van der Waals surface area contributed by atoms with E-state index in [9.17, 15) is 13.2 Å². The minimum atomic E-state index is -5.40. The van der Waals surface area contributed by atoms with Crippen LogP contribution >= 0.6 is 0 Å². The monoisotopic (exact) mass is 511 g/mol. The van der Waals surface area contributed by atoms with Gasteiger partial charge in [0, 0.05) is 48.1 Å². The van der Waals surface area contributed by atoms with Crippen LogP contribution in [-0.4, -0.2) is 56.2 Å². The zero-order chi connectivity index (χ0) is 38.1. The van der Waals surface area contributed by atoms with Gasteiger partial charge in [-0.1, -0.05) is 60.7 Å². The van der Waals surface area contributed by atoms with E-state index in [1.54, 1.807) is 60.7 Å². The number of carbonyl (C=O) groups excluding carboxylic acids is 1. The second kappa shape index (κ2) is 12.4. The van der Waals surface area contributed by atoms with Crippen LogP contribution in [0.15, 0.2) is 66.9 Å². The molecule has 0 unspecified atom stereocenters. The number of ether oxygens (including phenoxy) is 1. The molecule has 0 aliphatic rings. The fourth-order valence-corrected chi connectivity index (χ4v) is 3.19. The maximum atomic E-state index is 12.2. The molecule has 3 aromatic rings. The van der Waals surface area contributed by atoms with E-state index in [1.807, 2.05) is 0 Å². The summed E-state index contributed by atoms with van der Waals surface area (Å²) in [5.41, 5.74) is 1.49. The fourth-order valence-electron chi connectivity index (χ4n) is 2.90. The normalized spacial score (nSPS) is 20.1. The van der Waals surface area contributed by atoms with Crippen LogP contribution < -0.4 is 9.62 Å². The van der Waals surface area contributed by atoms with Crippen LogP contribution in [0.1, 0.15) is 47.0 Å². The molecule has 9 heteroatoms. The number of nitrogens with one attached hydrogen (secondary N) is 1. The van der Waals surface area contributed by atoms with E-state index >= 15 is 0 Å². The van der Waals surface area contributed by atoms with Gasteiger partial charge in [0.25, 0.3) is 5.91 Å². The molecule has 35 heavy (non-hydrogen) atoms. The van der Waals surface area contributed by atoms with Crippen LogP contribution in [-0.2, 0) is 19.6 Å². The van der Waals surface area contributed by atoms with Gasteiger partial charge in [-0.05, 0) is 26.4 Å². The Morgan fingerprint density at radius 3 is 2.34 bits per heavy atom. The predicted molar refractivity (Wildman–Crippen MR) is 138 cm³/mol. The molecule has 0 aliphatic heterocycles. The molecule has 3 rings (SSSR count). The van der Waals surface area contributed by atoms with Gasteiger partial charge >= 0.3 is 0 Å². The van der Waals surface area contributed by atoms with E-state index in [1.165, 1.54) is 0 Å². The molecule has 1 aromatic heterocycles. The molecule has 0 saturated heterocycles.